The fraction of sp³-hybridized carbons (Fsp3) is 1.00. The van der Waals surface area contributed by atoms with Gasteiger partial charge in [-0.05, 0) is 6.42 Å². The number of hydrogen-bond acceptors (Lipinski definition) is 8. The molecule has 32 heavy (non-hydrogen) atoms. The van der Waals surface area contributed by atoms with E-state index >= 15 is 0 Å². The number of hydrogen-bond donors (Lipinski definition) is 4. The standard InChI is InChI=1S/C22H47O9P/c1-2-3-4-5-6-7-8-9-10-11-12-13-14-15-16-28-29-18-22(25)20-31-32(26,27)30-19-21(24)17-23/h21-25H,2-20H2,1H3,(H,26,27). The van der Waals surface area contributed by atoms with Crippen molar-refractivity contribution in [2.45, 2.75) is 109 Å². The zero-order valence-corrected chi connectivity index (χ0v) is 20.8. The van der Waals surface area contributed by atoms with E-state index in [0.29, 0.717) is 6.61 Å². The van der Waals surface area contributed by atoms with Gasteiger partial charge in [-0.25, -0.2) is 14.3 Å². The van der Waals surface area contributed by atoms with E-state index in [-0.39, 0.29) is 6.61 Å². The maximum Gasteiger partial charge on any atom is 0.472 e. The van der Waals surface area contributed by atoms with Crippen molar-refractivity contribution in [1.29, 1.82) is 0 Å². The molecule has 0 bridgehead atoms. The third kappa shape index (κ3) is 23.1. The van der Waals surface area contributed by atoms with Crippen molar-refractivity contribution in [1.82, 2.24) is 0 Å². The van der Waals surface area contributed by atoms with Crippen molar-refractivity contribution < 1.29 is 43.6 Å². The lowest BCUT2D eigenvalue weighted by atomic mass is 10.0. The average Bonchev–Trinajstić information content (AvgIpc) is 2.78. The van der Waals surface area contributed by atoms with E-state index in [2.05, 4.69) is 16.0 Å². The fourth-order valence-electron chi connectivity index (χ4n) is 3.04. The first kappa shape index (κ1) is 31.9. The molecule has 0 aliphatic rings. The molecule has 0 rings (SSSR count). The zero-order chi connectivity index (χ0) is 23.9. The first-order chi connectivity index (χ1) is 15.4. The van der Waals surface area contributed by atoms with Crippen molar-refractivity contribution in [2.75, 3.05) is 33.0 Å². The molecule has 0 aromatic heterocycles. The molecule has 4 N–H and O–H groups in total. The smallest absolute Gasteiger partial charge is 0.394 e. The summed E-state index contributed by atoms with van der Waals surface area (Å²) in [6, 6.07) is 0. The third-order valence-electron chi connectivity index (χ3n) is 5.00. The molecule has 3 unspecified atom stereocenters. The number of phosphoric acid groups is 1. The molecule has 0 radical (unpaired) electrons. The van der Waals surface area contributed by atoms with Crippen molar-refractivity contribution >= 4 is 7.82 Å². The van der Waals surface area contributed by atoms with Crippen LogP contribution in [-0.4, -0.2) is 65.5 Å². The topological polar surface area (TPSA) is 135 Å². The molecular weight excluding hydrogens is 439 g/mol. The predicted octanol–water partition coefficient (Wildman–Crippen LogP) is 4.26. The maximum atomic E-state index is 11.5. The van der Waals surface area contributed by atoms with Gasteiger partial charge in [0.1, 0.15) is 18.8 Å². The van der Waals surface area contributed by atoms with E-state index in [4.69, 9.17) is 20.0 Å². The van der Waals surface area contributed by atoms with Gasteiger partial charge in [-0.3, -0.25) is 9.05 Å². The first-order valence-corrected chi connectivity index (χ1v) is 13.7. The summed E-state index contributed by atoms with van der Waals surface area (Å²) in [4.78, 5) is 19.2. The van der Waals surface area contributed by atoms with Gasteiger partial charge in [-0.15, -0.1) is 0 Å². The van der Waals surface area contributed by atoms with Crippen molar-refractivity contribution in [3.8, 4) is 0 Å². The Morgan fingerprint density at radius 3 is 1.56 bits per heavy atom. The van der Waals surface area contributed by atoms with Gasteiger partial charge in [0.2, 0.25) is 0 Å². The van der Waals surface area contributed by atoms with Gasteiger partial charge in [0.15, 0.2) is 0 Å². The molecule has 10 heteroatoms. The first-order valence-electron chi connectivity index (χ1n) is 12.2. The van der Waals surface area contributed by atoms with Gasteiger partial charge in [0, 0.05) is 0 Å². The Morgan fingerprint density at radius 2 is 1.09 bits per heavy atom. The van der Waals surface area contributed by atoms with Crippen LogP contribution in [0.3, 0.4) is 0 Å². The van der Waals surface area contributed by atoms with E-state index in [1.165, 1.54) is 77.0 Å². The number of rotatable bonds is 25. The third-order valence-corrected chi connectivity index (χ3v) is 5.95. The van der Waals surface area contributed by atoms with Gasteiger partial charge >= 0.3 is 7.82 Å². The highest BCUT2D eigenvalue weighted by atomic mass is 31.2. The van der Waals surface area contributed by atoms with Crippen LogP contribution in [0.15, 0.2) is 0 Å². The van der Waals surface area contributed by atoms with Crippen LogP contribution in [0.1, 0.15) is 96.8 Å². The highest BCUT2D eigenvalue weighted by Gasteiger charge is 2.24. The lowest BCUT2D eigenvalue weighted by molar-refractivity contribution is -0.306. The van der Waals surface area contributed by atoms with Gasteiger partial charge in [0.25, 0.3) is 0 Å². The molecule has 0 heterocycles. The number of aliphatic hydroxyl groups is 3. The lowest BCUT2D eigenvalue weighted by Gasteiger charge is -2.16. The normalized spacial score (nSPS) is 15.5. The molecule has 194 valence electrons. The minimum absolute atomic E-state index is 0.210. The van der Waals surface area contributed by atoms with E-state index in [9.17, 15) is 14.6 Å². The number of phosphoric ester groups is 1. The van der Waals surface area contributed by atoms with Gasteiger partial charge in [0.05, 0.1) is 26.4 Å². The van der Waals surface area contributed by atoms with Crippen molar-refractivity contribution in [3.63, 3.8) is 0 Å². The summed E-state index contributed by atoms with van der Waals surface area (Å²) in [7, 11) is -4.42. The average molecular weight is 487 g/mol. The highest BCUT2D eigenvalue weighted by Crippen LogP contribution is 2.43. The fourth-order valence-corrected chi connectivity index (χ4v) is 3.84. The summed E-state index contributed by atoms with van der Waals surface area (Å²) >= 11 is 0. The molecule has 0 aromatic rings. The van der Waals surface area contributed by atoms with Gasteiger partial charge < -0.3 is 20.2 Å². The summed E-state index contributed by atoms with van der Waals surface area (Å²) in [5.74, 6) is 0. The summed E-state index contributed by atoms with van der Waals surface area (Å²) in [6.45, 7) is 0.807. The van der Waals surface area contributed by atoms with Crippen LogP contribution in [0.2, 0.25) is 0 Å². The Bertz CT molecular complexity index is 440. The number of aliphatic hydroxyl groups excluding tert-OH is 3. The van der Waals surface area contributed by atoms with Crippen molar-refractivity contribution in [3.05, 3.63) is 0 Å². The molecule has 0 saturated heterocycles. The minimum Gasteiger partial charge on any atom is -0.394 e. The Labute approximate surface area is 194 Å². The van der Waals surface area contributed by atoms with E-state index in [1.807, 2.05) is 0 Å². The van der Waals surface area contributed by atoms with Crippen molar-refractivity contribution in [2.24, 2.45) is 0 Å². The van der Waals surface area contributed by atoms with Crippen LogP contribution in [0.5, 0.6) is 0 Å². The van der Waals surface area contributed by atoms with E-state index in [0.717, 1.165) is 12.8 Å². The second-order valence-corrected chi connectivity index (χ2v) is 9.71. The molecular formula is C22H47O9P. The Kier molecular flexibility index (Phi) is 22.6. The molecule has 3 atom stereocenters. The van der Waals surface area contributed by atoms with E-state index < -0.39 is 39.9 Å². The van der Waals surface area contributed by atoms with Crippen LogP contribution in [0.25, 0.3) is 0 Å². The summed E-state index contributed by atoms with van der Waals surface area (Å²) < 4.78 is 20.6. The molecule has 0 amide bonds. The molecule has 0 aliphatic carbocycles. The maximum absolute atomic E-state index is 11.5. The molecule has 0 spiro atoms. The quantitative estimate of drug-likeness (QED) is 0.0646. The molecule has 0 fully saturated rings. The summed E-state index contributed by atoms with van der Waals surface area (Å²) in [6.07, 6.45) is 15.5. The van der Waals surface area contributed by atoms with Crippen LogP contribution in [0.4, 0.5) is 0 Å². The van der Waals surface area contributed by atoms with E-state index in [1.54, 1.807) is 0 Å². The second-order valence-electron chi connectivity index (χ2n) is 8.25. The van der Waals surface area contributed by atoms with Crippen LogP contribution in [-0.2, 0) is 23.4 Å². The largest absolute Gasteiger partial charge is 0.472 e. The SMILES string of the molecule is CCCCCCCCCCCCCCCCOOCC(O)COP(=O)(O)OCC(O)CO. The number of unbranched alkanes of at least 4 members (excludes halogenated alkanes) is 13. The van der Waals surface area contributed by atoms with Crippen LogP contribution >= 0.6 is 7.82 Å². The monoisotopic (exact) mass is 486 g/mol. The zero-order valence-electron chi connectivity index (χ0n) is 19.9. The van der Waals surface area contributed by atoms with Crippen LogP contribution < -0.4 is 0 Å². The Morgan fingerprint density at radius 1 is 0.656 bits per heavy atom. The predicted molar refractivity (Wildman–Crippen MR) is 123 cm³/mol. The van der Waals surface area contributed by atoms with Crippen LogP contribution in [0, 0.1) is 0 Å². The minimum atomic E-state index is -4.42. The Hall–Kier alpha value is -0.0900. The molecule has 0 aromatic carbocycles. The van der Waals surface area contributed by atoms with Gasteiger partial charge in [-0.1, -0.05) is 90.4 Å². The summed E-state index contributed by atoms with van der Waals surface area (Å²) in [5.41, 5.74) is 0. The lowest BCUT2D eigenvalue weighted by Crippen LogP contribution is -2.23. The Balaban J connectivity index is 3.35. The summed E-state index contributed by atoms with van der Waals surface area (Å²) in [5, 5.41) is 27.3. The molecule has 0 saturated carbocycles. The van der Waals surface area contributed by atoms with Gasteiger partial charge in [-0.2, -0.15) is 0 Å². The highest BCUT2D eigenvalue weighted by molar-refractivity contribution is 7.47. The second kappa shape index (κ2) is 22.7. The molecule has 0 aliphatic heterocycles. The molecule has 9 nitrogen and oxygen atoms in total.